The van der Waals surface area contributed by atoms with Crippen molar-refractivity contribution in [1.29, 1.82) is 0 Å². The number of nitrogens with one attached hydrogen (secondary N) is 1. The minimum atomic E-state index is -3.62. The molecule has 114 valence electrons. The van der Waals surface area contributed by atoms with Crippen molar-refractivity contribution >= 4 is 10.0 Å². The van der Waals surface area contributed by atoms with Crippen molar-refractivity contribution in [2.24, 2.45) is 0 Å². The van der Waals surface area contributed by atoms with Crippen LogP contribution in [-0.4, -0.2) is 56.0 Å². The van der Waals surface area contributed by atoms with Crippen LogP contribution < -0.4 is 9.46 Å². The number of tetrazole rings is 1. The smallest absolute Gasteiger partial charge is 0.240 e. The molecule has 1 aromatic carbocycles. The van der Waals surface area contributed by atoms with Gasteiger partial charge < -0.3 is 9.47 Å². The van der Waals surface area contributed by atoms with Crippen LogP contribution in [0.2, 0.25) is 0 Å². The van der Waals surface area contributed by atoms with Gasteiger partial charge in [-0.3, -0.25) is 0 Å². The lowest BCUT2D eigenvalue weighted by atomic mass is 10.3. The van der Waals surface area contributed by atoms with Crippen molar-refractivity contribution in [2.75, 3.05) is 27.4 Å². The number of aromatic nitrogens is 4. The Hall–Kier alpha value is -2.04. The number of ether oxygens (including phenoxy) is 2. The zero-order chi connectivity index (χ0) is 15.3. The van der Waals surface area contributed by atoms with Gasteiger partial charge in [-0.1, -0.05) is 0 Å². The highest BCUT2D eigenvalue weighted by molar-refractivity contribution is 7.89. The van der Waals surface area contributed by atoms with Crippen LogP contribution in [0.15, 0.2) is 29.4 Å². The van der Waals surface area contributed by atoms with Crippen LogP contribution >= 0.6 is 0 Å². The van der Waals surface area contributed by atoms with Crippen LogP contribution in [0.25, 0.3) is 5.69 Å². The Labute approximate surface area is 121 Å². The topological polar surface area (TPSA) is 108 Å². The summed E-state index contributed by atoms with van der Waals surface area (Å²) in [6.07, 6.45) is 1.39. The van der Waals surface area contributed by atoms with E-state index in [4.69, 9.17) is 9.47 Å². The predicted molar refractivity (Wildman–Crippen MR) is 72.8 cm³/mol. The molecule has 1 heterocycles. The molecule has 2 rings (SSSR count). The first-order valence-electron chi connectivity index (χ1n) is 5.98. The molecule has 0 unspecified atom stereocenters. The third kappa shape index (κ3) is 3.54. The first-order chi connectivity index (χ1) is 10.1. The van der Waals surface area contributed by atoms with Crippen LogP contribution in [0.3, 0.4) is 0 Å². The zero-order valence-corrected chi connectivity index (χ0v) is 12.4. The number of hydrogen-bond acceptors (Lipinski definition) is 7. The molecule has 0 aliphatic rings. The van der Waals surface area contributed by atoms with Crippen molar-refractivity contribution in [3.8, 4) is 11.4 Å². The first-order valence-corrected chi connectivity index (χ1v) is 7.47. The lowest BCUT2D eigenvalue weighted by Crippen LogP contribution is -2.27. The van der Waals surface area contributed by atoms with Gasteiger partial charge in [-0.25, -0.2) is 13.1 Å². The van der Waals surface area contributed by atoms with Crippen LogP contribution in [0.5, 0.6) is 5.75 Å². The average molecular weight is 313 g/mol. The van der Waals surface area contributed by atoms with Crippen LogP contribution in [0.4, 0.5) is 0 Å². The number of nitrogens with zero attached hydrogens (tertiary/aromatic N) is 4. The van der Waals surface area contributed by atoms with Crippen molar-refractivity contribution in [3.63, 3.8) is 0 Å². The van der Waals surface area contributed by atoms with Gasteiger partial charge in [0.05, 0.1) is 18.6 Å². The maximum absolute atomic E-state index is 12.1. The quantitative estimate of drug-likeness (QED) is 0.692. The Bertz CT molecular complexity index is 687. The Morgan fingerprint density at radius 3 is 2.76 bits per heavy atom. The van der Waals surface area contributed by atoms with E-state index < -0.39 is 10.0 Å². The summed E-state index contributed by atoms with van der Waals surface area (Å²) in [5.41, 5.74) is 0.540. The van der Waals surface area contributed by atoms with Gasteiger partial charge in [0.1, 0.15) is 17.8 Å². The van der Waals surface area contributed by atoms with Gasteiger partial charge in [0.2, 0.25) is 10.0 Å². The molecule has 0 amide bonds. The molecule has 1 N–H and O–H groups in total. The number of methoxy groups -OCH3 is 2. The van der Waals surface area contributed by atoms with Gasteiger partial charge in [-0.2, -0.15) is 4.68 Å². The molecule has 0 aliphatic carbocycles. The van der Waals surface area contributed by atoms with Crippen LogP contribution in [0.1, 0.15) is 0 Å². The normalized spacial score (nSPS) is 11.5. The lowest BCUT2D eigenvalue weighted by Gasteiger charge is -2.11. The van der Waals surface area contributed by atoms with Gasteiger partial charge in [0, 0.05) is 19.7 Å². The Morgan fingerprint density at radius 2 is 2.14 bits per heavy atom. The van der Waals surface area contributed by atoms with Crippen molar-refractivity contribution < 1.29 is 17.9 Å². The molecule has 0 fully saturated rings. The molecule has 9 nitrogen and oxygen atoms in total. The van der Waals surface area contributed by atoms with E-state index in [2.05, 4.69) is 20.2 Å². The summed E-state index contributed by atoms with van der Waals surface area (Å²) in [6.45, 7) is 0.481. The lowest BCUT2D eigenvalue weighted by molar-refractivity contribution is 0.204. The van der Waals surface area contributed by atoms with Gasteiger partial charge in [-0.05, 0) is 22.6 Å². The van der Waals surface area contributed by atoms with Crippen molar-refractivity contribution in [1.82, 2.24) is 24.9 Å². The van der Waals surface area contributed by atoms with E-state index in [9.17, 15) is 8.42 Å². The predicted octanol–water partition coefficient (Wildman–Crippen LogP) is -0.404. The minimum absolute atomic E-state index is 0.0901. The van der Waals surface area contributed by atoms with E-state index in [1.165, 1.54) is 37.4 Å². The molecule has 21 heavy (non-hydrogen) atoms. The highest BCUT2D eigenvalue weighted by atomic mass is 32.2. The van der Waals surface area contributed by atoms with E-state index in [0.29, 0.717) is 18.0 Å². The molecule has 0 saturated heterocycles. The van der Waals surface area contributed by atoms with Gasteiger partial charge in [0.25, 0.3) is 0 Å². The van der Waals surface area contributed by atoms with E-state index in [0.717, 1.165) is 0 Å². The number of sulfonamides is 1. The van der Waals surface area contributed by atoms with E-state index in [-0.39, 0.29) is 11.4 Å². The fourth-order valence-corrected chi connectivity index (χ4v) is 2.68. The molecule has 1 aromatic heterocycles. The van der Waals surface area contributed by atoms with Crippen LogP contribution in [-0.2, 0) is 14.8 Å². The monoisotopic (exact) mass is 313 g/mol. The molecular weight excluding hydrogens is 298 g/mol. The molecule has 10 heteroatoms. The molecule has 2 aromatic rings. The summed E-state index contributed by atoms with van der Waals surface area (Å²) >= 11 is 0. The summed E-state index contributed by atoms with van der Waals surface area (Å²) in [7, 11) is -0.681. The second-order valence-corrected chi connectivity index (χ2v) is 5.75. The standard InChI is InChI=1S/C11H15N5O4S/c1-19-6-5-13-21(17,18)9-3-4-10(11(7-9)20-2)16-8-12-14-15-16/h3-4,7-8,13H,5-6H2,1-2H3. The largest absolute Gasteiger partial charge is 0.494 e. The van der Waals surface area contributed by atoms with E-state index in [1.807, 2.05) is 0 Å². The summed E-state index contributed by atoms with van der Waals surface area (Å²) in [4.78, 5) is 0.0901. The minimum Gasteiger partial charge on any atom is -0.494 e. The molecule has 0 aliphatic heterocycles. The number of benzene rings is 1. The SMILES string of the molecule is COCCNS(=O)(=O)c1ccc(-n2cnnn2)c(OC)c1. The summed E-state index contributed by atoms with van der Waals surface area (Å²) < 4.78 is 38.0. The maximum atomic E-state index is 12.1. The fourth-order valence-electron chi connectivity index (χ4n) is 1.65. The highest BCUT2D eigenvalue weighted by Gasteiger charge is 2.17. The average Bonchev–Trinajstić information content (AvgIpc) is 3.00. The fraction of sp³-hybridized carbons (Fsp3) is 0.364. The second kappa shape index (κ2) is 6.61. The third-order valence-electron chi connectivity index (χ3n) is 2.66. The summed E-state index contributed by atoms with van der Waals surface area (Å²) in [6, 6.07) is 4.43. The third-order valence-corrected chi connectivity index (χ3v) is 4.11. The molecular formula is C11H15N5O4S. The number of hydrogen-bond donors (Lipinski definition) is 1. The Balaban J connectivity index is 2.31. The van der Waals surface area contributed by atoms with Gasteiger partial charge in [0.15, 0.2) is 0 Å². The summed E-state index contributed by atoms with van der Waals surface area (Å²) in [5.74, 6) is 0.344. The van der Waals surface area contributed by atoms with Crippen LogP contribution in [0, 0.1) is 0 Å². The molecule has 0 spiro atoms. The Kier molecular flexibility index (Phi) is 4.83. The molecule has 0 bridgehead atoms. The second-order valence-electron chi connectivity index (χ2n) is 3.98. The zero-order valence-electron chi connectivity index (χ0n) is 11.6. The molecule has 0 atom stereocenters. The highest BCUT2D eigenvalue weighted by Crippen LogP contribution is 2.25. The molecule has 0 radical (unpaired) electrons. The van der Waals surface area contributed by atoms with E-state index in [1.54, 1.807) is 6.07 Å². The van der Waals surface area contributed by atoms with Crippen molar-refractivity contribution in [2.45, 2.75) is 4.90 Å². The Morgan fingerprint density at radius 1 is 1.33 bits per heavy atom. The van der Waals surface area contributed by atoms with E-state index >= 15 is 0 Å². The van der Waals surface area contributed by atoms with Gasteiger partial charge >= 0.3 is 0 Å². The molecule has 0 saturated carbocycles. The maximum Gasteiger partial charge on any atom is 0.240 e. The first kappa shape index (κ1) is 15.4. The summed E-state index contributed by atoms with van der Waals surface area (Å²) in [5, 5.41) is 10.8. The van der Waals surface area contributed by atoms with Crippen molar-refractivity contribution in [3.05, 3.63) is 24.5 Å². The number of rotatable bonds is 7. The van der Waals surface area contributed by atoms with Gasteiger partial charge in [-0.15, -0.1) is 5.10 Å².